The fraction of sp³-hybridized carbons (Fsp3) is 0.727. The van der Waals surface area contributed by atoms with Crippen molar-refractivity contribution in [2.45, 2.75) is 52.5 Å². The standard InChI is InChI=1S/C22H37N5O/c1-3-23-21(25-16-20-19(2)8-7-11-24-20)26-17-22(9-5-4-6-10-22)18-27-12-14-28-15-13-27/h7-8,11H,3-6,9-10,12-18H2,1-2H3,(H2,23,25,26). The quantitative estimate of drug-likeness (QED) is 0.556. The molecular weight excluding hydrogens is 350 g/mol. The number of aliphatic imine (C=N–C) groups is 1. The van der Waals surface area contributed by atoms with Crippen LogP contribution in [-0.2, 0) is 11.3 Å². The maximum Gasteiger partial charge on any atom is 0.191 e. The molecule has 0 radical (unpaired) electrons. The highest BCUT2D eigenvalue weighted by atomic mass is 16.5. The molecule has 1 aromatic rings. The normalized spacial score (nSPS) is 20.7. The number of ether oxygens (including phenoxy) is 1. The summed E-state index contributed by atoms with van der Waals surface area (Å²) in [5, 5.41) is 7.07. The van der Waals surface area contributed by atoms with E-state index in [0.717, 1.165) is 51.0 Å². The molecule has 0 unspecified atom stereocenters. The van der Waals surface area contributed by atoms with E-state index in [2.05, 4.69) is 40.4 Å². The topological polar surface area (TPSA) is 61.8 Å². The second-order valence-corrected chi connectivity index (χ2v) is 8.26. The molecule has 28 heavy (non-hydrogen) atoms. The second kappa shape index (κ2) is 10.8. The molecule has 1 aromatic heterocycles. The fourth-order valence-electron chi connectivity index (χ4n) is 4.38. The largest absolute Gasteiger partial charge is 0.379 e. The molecule has 6 nitrogen and oxygen atoms in total. The Balaban J connectivity index is 1.63. The van der Waals surface area contributed by atoms with Crippen molar-refractivity contribution in [1.29, 1.82) is 0 Å². The number of aromatic nitrogens is 1. The molecule has 1 aliphatic carbocycles. The zero-order valence-electron chi connectivity index (χ0n) is 17.7. The third-order valence-corrected chi connectivity index (χ3v) is 6.06. The summed E-state index contributed by atoms with van der Waals surface area (Å²) in [7, 11) is 0. The van der Waals surface area contributed by atoms with Crippen LogP contribution in [0.2, 0.25) is 0 Å². The lowest BCUT2D eigenvalue weighted by Gasteiger charge is -2.42. The van der Waals surface area contributed by atoms with E-state index in [1.165, 1.54) is 44.2 Å². The molecule has 3 rings (SSSR count). The third kappa shape index (κ3) is 6.17. The molecule has 1 saturated heterocycles. The van der Waals surface area contributed by atoms with Crippen molar-refractivity contribution in [3.63, 3.8) is 0 Å². The van der Waals surface area contributed by atoms with Gasteiger partial charge >= 0.3 is 0 Å². The molecule has 2 fully saturated rings. The summed E-state index contributed by atoms with van der Waals surface area (Å²) < 4.78 is 5.54. The van der Waals surface area contributed by atoms with E-state index in [-0.39, 0.29) is 0 Å². The first-order chi connectivity index (χ1) is 13.7. The van der Waals surface area contributed by atoms with Crippen LogP contribution in [0.5, 0.6) is 0 Å². The summed E-state index contributed by atoms with van der Waals surface area (Å²) in [4.78, 5) is 11.9. The predicted octanol–water partition coefficient (Wildman–Crippen LogP) is 2.73. The molecule has 2 heterocycles. The number of guanidine groups is 1. The van der Waals surface area contributed by atoms with Crippen LogP contribution in [0.3, 0.4) is 0 Å². The Morgan fingerprint density at radius 2 is 2.00 bits per heavy atom. The van der Waals surface area contributed by atoms with Crippen LogP contribution in [0.25, 0.3) is 0 Å². The Kier molecular flexibility index (Phi) is 8.10. The lowest BCUT2D eigenvalue weighted by molar-refractivity contribution is 0.00820. The Hall–Kier alpha value is -1.66. The van der Waals surface area contributed by atoms with Gasteiger partial charge in [0.05, 0.1) is 25.5 Å². The Morgan fingerprint density at radius 1 is 1.21 bits per heavy atom. The van der Waals surface area contributed by atoms with Crippen LogP contribution in [0.1, 0.15) is 50.3 Å². The van der Waals surface area contributed by atoms with Gasteiger partial charge in [-0.15, -0.1) is 0 Å². The Bertz CT molecular complexity index is 621. The molecule has 2 aliphatic rings. The first-order valence-corrected chi connectivity index (χ1v) is 10.9. The van der Waals surface area contributed by atoms with E-state index in [4.69, 9.17) is 9.73 Å². The number of morpholine rings is 1. The Labute approximate surface area is 170 Å². The number of rotatable bonds is 7. The van der Waals surface area contributed by atoms with Gasteiger partial charge in [0.25, 0.3) is 0 Å². The van der Waals surface area contributed by atoms with E-state index in [1.807, 2.05) is 12.3 Å². The van der Waals surface area contributed by atoms with E-state index >= 15 is 0 Å². The van der Waals surface area contributed by atoms with Crippen molar-refractivity contribution in [3.8, 4) is 0 Å². The zero-order chi connectivity index (χ0) is 19.7. The first-order valence-electron chi connectivity index (χ1n) is 10.9. The van der Waals surface area contributed by atoms with Gasteiger partial charge < -0.3 is 15.4 Å². The van der Waals surface area contributed by atoms with Crippen molar-refractivity contribution in [3.05, 3.63) is 29.6 Å². The molecule has 0 bridgehead atoms. The van der Waals surface area contributed by atoms with Crippen molar-refractivity contribution >= 4 is 5.96 Å². The van der Waals surface area contributed by atoms with Crippen LogP contribution in [0.15, 0.2) is 23.3 Å². The third-order valence-electron chi connectivity index (χ3n) is 6.06. The molecule has 2 N–H and O–H groups in total. The van der Waals surface area contributed by atoms with Crippen molar-refractivity contribution in [2.24, 2.45) is 10.4 Å². The number of hydrogen-bond acceptors (Lipinski definition) is 4. The molecule has 156 valence electrons. The van der Waals surface area contributed by atoms with Crippen molar-refractivity contribution < 1.29 is 4.74 Å². The van der Waals surface area contributed by atoms with Gasteiger partial charge in [-0.05, 0) is 38.3 Å². The maximum atomic E-state index is 5.54. The number of pyridine rings is 1. The molecular formula is C22H37N5O. The average molecular weight is 388 g/mol. The molecule has 0 amide bonds. The van der Waals surface area contributed by atoms with Crippen molar-refractivity contribution in [1.82, 2.24) is 20.5 Å². The molecule has 6 heteroatoms. The van der Waals surface area contributed by atoms with Gasteiger partial charge in [0.1, 0.15) is 0 Å². The highest BCUT2D eigenvalue weighted by molar-refractivity contribution is 5.79. The minimum absolute atomic E-state index is 0.340. The highest BCUT2D eigenvalue weighted by Crippen LogP contribution is 2.36. The number of nitrogens with zero attached hydrogens (tertiary/aromatic N) is 3. The van der Waals surface area contributed by atoms with E-state index in [1.54, 1.807) is 0 Å². The van der Waals surface area contributed by atoms with Gasteiger partial charge in [0, 0.05) is 44.3 Å². The summed E-state index contributed by atoms with van der Waals surface area (Å²) >= 11 is 0. The lowest BCUT2D eigenvalue weighted by Crippen LogP contribution is -2.51. The van der Waals surface area contributed by atoms with Crippen LogP contribution in [0, 0.1) is 12.3 Å². The van der Waals surface area contributed by atoms with Crippen LogP contribution < -0.4 is 10.6 Å². The minimum atomic E-state index is 0.340. The van der Waals surface area contributed by atoms with Crippen LogP contribution in [0.4, 0.5) is 0 Å². The number of hydrogen-bond donors (Lipinski definition) is 2. The van der Waals surface area contributed by atoms with Crippen molar-refractivity contribution in [2.75, 3.05) is 45.9 Å². The molecule has 1 saturated carbocycles. The first kappa shape index (κ1) is 21.1. The SMILES string of the molecule is CCNC(=NCc1ncccc1C)NCC1(CN2CCOCC2)CCCCC1. The van der Waals surface area contributed by atoms with Crippen LogP contribution >= 0.6 is 0 Å². The molecule has 0 aromatic carbocycles. The summed E-state index contributed by atoms with van der Waals surface area (Å²) in [5.41, 5.74) is 2.57. The van der Waals surface area contributed by atoms with E-state index in [0.29, 0.717) is 12.0 Å². The molecule has 0 atom stereocenters. The second-order valence-electron chi connectivity index (χ2n) is 8.26. The number of nitrogens with one attached hydrogen (secondary N) is 2. The molecule has 1 aliphatic heterocycles. The average Bonchev–Trinajstić information content (AvgIpc) is 2.73. The number of aryl methyl sites for hydroxylation is 1. The van der Waals surface area contributed by atoms with Gasteiger partial charge in [-0.2, -0.15) is 0 Å². The minimum Gasteiger partial charge on any atom is -0.379 e. The fourth-order valence-corrected chi connectivity index (χ4v) is 4.38. The summed E-state index contributed by atoms with van der Waals surface area (Å²) in [5.74, 6) is 0.902. The van der Waals surface area contributed by atoms with Gasteiger partial charge in [0.2, 0.25) is 0 Å². The molecule has 0 spiro atoms. The predicted molar refractivity (Wildman–Crippen MR) is 115 cm³/mol. The van der Waals surface area contributed by atoms with Gasteiger partial charge in [-0.25, -0.2) is 4.99 Å². The zero-order valence-corrected chi connectivity index (χ0v) is 17.7. The van der Waals surface area contributed by atoms with Gasteiger partial charge in [0.15, 0.2) is 5.96 Å². The monoisotopic (exact) mass is 387 g/mol. The van der Waals surface area contributed by atoms with Crippen LogP contribution in [-0.4, -0.2) is 61.8 Å². The van der Waals surface area contributed by atoms with E-state index < -0.39 is 0 Å². The van der Waals surface area contributed by atoms with Gasteiger partial charge in [-0.3, -0.25) is 9.88 Å². The smallest absolute Gasteiger partial charge is 0.191 e. The summed E-state index contributed by atoms with van der Waals surface area (Å²) in [6.45, 7) is 11.7. The highest BCUT2D eigenvalue weighted by Gasteiger charge is 2.34. The maximum absolute atomic E-state index is 5.54. The lowest BCUT2D eigenvalue weighted by atomic mass is 9.73. The van der Waals surface area contributed by atoms with E-state index in [9.17, 15) is 0 Å². The van der Waals surface area contributed by atoms with Gasteiger partial charge in [-0.1, -0.05) is 25.3 Å². The Morgan fingerprint density at radius 3 is 2.71 bits per heavy atom. The summed E-state index contributed by atoms with van der Waals surface area (Å²) in [6, 6.07) is 4.07. The summed E-state index contributed by atoms with van der Waals surface area (Å²) in [6.07, 6.45) is 8.50.